The van der Waals surface area contributed by atoms with E-state index in [1.54, 1.807) is 25.1 Å². The predicted octanol–water partition coefficient (Wildman–Crippen LogP) is 4.09. The van der Waals surface area contributed by atoms with Gasteiger partial charge in [0.1, 0.15) is 12.1 Å². The van der Waals surface area contributed by atoms with Crippen molar-refractivity contribution in [3.8, 4) is 0 Å². The van der Waals surface area contributed by atoms with E-state index in [9.17, 15) is 14.4 Å². The zero-order valence-electron chi connectivity index (χ0n) is 15.2. The second-order valence-corrected chi connectivity index (χ2v) is 8.58. The topological polar surface area (TPSA) is 78.5 Å². The molecule has 0 aliphatic carbocycles. The van der Waals surface area contributed by atoms with Crippen LogP contribution in [0.3, 0.4) is 0 Å². The van der Waals surface area contributed by atoms with Crippen LogP contribution in [0.1, 0.15) is 18.9 Å². The molecule has 0 bridgehead atoms. The van der Waals surface area contributed by atoms with E-state index in [-0.39, 0.29) is 6.54 Å². The van der Waals surface area contributed by atoms with Crippen molar-refractivity contribution in [2.75, 3.05) is 11.9 Å². The van der Waals surface area contributed by atoms with Gasteiger partial charge >= 0.3 is 6.03 Å². The van der Waals surface area contributed by atoms with Gasteiger partial charge in [-0.25, -0.2) is 4.79 Å². The fourth-order valence-electron chi connectivity index (χ4n) is 3.02. The van der Waals surface area contributed by atoms with Crippen LogP contribution in [0.25, 0.3) is 0 Å². The van der Waals surface area contributed by atoms with E-state index in [0.29, 0.717) is 23.0 Å². The molecule has 4 amide bonds. The highest BCUT2D eigenvalue weighted by atomic mass is 79.9. The second kappa shape index (κ2) is 8.45. The fraction of sp³-hybridized carbons (Fsp3) is 0.250. The number of imide groups is 1. The molecular formula is C20H19Br2N3O3. The van der Waals surface area contributed by atoms with Crippen LogP contribution in [0.4, 0.5) is 10.5 Å². The number of urea groups is 1. The Morgan fingerprint density at radius 2 is 1.86 bits per heavy atom. The van der Waals surface area contributed by atoms with Crippen molar-refractivity contribution in [3.05, 3.63) is 63.0 Å². The molecule has 1 aliphatic heterocycles. The lowest BCUT2D eigenvalue weighted by Gasteiger charge is -2.21. The van der Waals surface area contributed by atoms with E-state index >= 15 is 0 Å². The number of anilines is 1. The first-order valence-electron chi connectivity index (χ1n) is 8.71. The lowest BCUT2D eigenvalue weighted by Crippen LogP contribution is -2.45. The van der Waals surface area contributed by atoms with Gasteiger partial charge in [0.25, 0.3) is 5.91 Å². The molecule has 0 aromatic heterocycles. The molecule has 146 valence electrons. The van der Waals surface area contributed by atoms with Crippen LogP contribution in [-0.2, 0) is 16.0 Å². The Kier molecular flexibility index (Phi) is 6.20. The Hall–Kier alpha value is -2.19. The highest BCUT2D eigenvalue weighted by Gasteiger charge is 2.47. The van der Waals surface area contributed by atoms with Gasteiger partial charge in [0.05, 0.1) is 5.69 Å². The molecule has 1 aliphatic rings. The van der Waals surface area contributed by atoms with Crippen molar-refractivity contribution in [1.82, 2.24) is 10.2 Å². The quantitative estimate of drug-likeness (QED) is 0.577. The first-order chi connectivity index (χ1) is 13.3. The first-order valence-corrected chi connectivity index (χ1v) is 10.3. The summed E-state index contributed by atoms with van der Waals surface area (Å²) < 4.78 is 1.56. The van der Waals surface area contributed by atoms with Crippen molar-refractivity contribution < 1.29 is 14.4 Å². The molecule has 1 saturated heterocycles. The van der Waals surface area contributed by atoms with Crippen molar-refractivity contribution in [2.24, 2.45) is 0 Å². The standard InChI is InChI=1S/C20H19Br2N3O3/c1-20(10-9-13-5-3-2-4-6-13)18(27)25(19(28)24-20)12-17(26)23-16-8-7-14(21)11-15(16)22/h2-8,11H,9-10,12H2,1H3,(H,23,26)(H,24,28)/t20-/m1/s1. The van der Waals surface area contributed by atoms with E-state index in [1.165, 1.54) is 0 Å². The molecule has 2 aromatic rings. The molecule has 0 spiro atoms. The average Bonchev–Trinajstić information content (AvgIpc) is 2.87. The number of hydrogen-bond acceptors (Lipinski definition) is 3. The van der Waals surface area contributed by atoms with Crippen LogP contribution in [0.15, 0.2) is 57.5 Å². The van der Waals surface area contributed by atoms with Crippen molar-refractivity contribution in [2.45, 2.75) is 25.3 Å². The Morgan fingerprint density at radius 1 is 1.14 bits per heavy atom. The van der Waals surface area contributed by atoms with Crippen LogP contribution in [0.5, 0.6) is 0 Å². The Bertz CT molecular complexity index is 920. The molecule has 28 heavy (non-hydrogen) atoms. The van der Waals surface area contributed by atoms with Crippen molar-refractivity contribution in [1.29, 1.82) is 0 Å². The first kappa shape index (κ1) is 20.5. The normalized spacial score (nSPS) is 18.9. The Morgan fingerprint density at radius 3 is 2.54 bits per heavy atom. The van der Waals surface area contributed by atoms with Crippen LogP contribution in [0, 0.1) is 0 Å². The summed E-state index contributed by atoms with van der Waals surface area (Å²) in [5.41, 5.74) is 0.625. The molecule has 2 N–H and O–H groups in total. The van der Waals surface area contributed by atoms with E-state index in [1.807, 2.05) is 30.3 Å². The van der Waals surface area contributed by atoms with Gasteiger partial charge in [-0.1, -0.05) is 46.3 Å². The van der Waals surface area contributed by atoms with Gasteiger partial charge in [-0.05, 0) is 59.5 Å². The molecule has 0 unspecified atom stereocenters. The number of aryl methyl sites for hydroxylation is 1. The Balaban J connectivity index is 1.63. The maximum absolute atomic E-state index is 12.8. The highest BCUT2D eigenvalue weighted by Crippen LogP contribution is 2.27. The molecule has 1 fully saturated rings. The summed E-state index contributed by atoms with van der Waals surface area (Å²) in [6, 6.07) is 14.5. The molecule has 0 saturated carbocycles. The fourth-order valence-corrected chi connectivity index (χ4v) is 4.17. The number of rotatable bonds is 6. The number of amides is 4. The average molecular weight is 509 g/mol. The minimum Gasteiger partial charge on any atom is -0.323 e. The Labute approximate surface area is 179 Å². The smallest absolute Gasteiger partial charge is 0.323 e. The summed E-state index contributed by atoms with van der Waals surface area (Å²) in [6.07, 6.45) is 1.10. The number of nitrogens with one attached hydrogen (secondary N) is 2. The zero-order chi connectivity index (χ0) is 20.3. The van der Waals surface area contributed by atoms with E-state index in [2.05, 4.69) is 42.5 Å². The third-order valence-corrected chi connectivity index (χ3v) is 5.76. The number of carbonyl (C=O) groups is 3. The third-order valence-electron chi connectivity index (χ3n) is 4.61. The van der Waals surface area contributed by atoms with Gasteiger partial charge in [0.2, 0.25) is 5.91 Å². The van der Waals surface area contributed by atoms with Crippen molar-refractivity contribution >= 4 is 55.4 Å². The minimum atomic E-state index is -1.02. The summed E-state index contributed by atoms with van der Waals surface area (Å²) in [5.74, 6) is -0.836. The number of halogens is 2. The summed E-state index contributed by atoms with van der Waals surface area (Å²) in [6.45, 7) is 1.35. The minimum absolute atomic E-state index is 0.339. The molecule has 8 heteroatoms. The lowest BCUT2D eigenvalue weighted by atomic mass is 9.93. The summed E-state index contributed by atoms with van der Waals surface area (Å²) in [7, 11) is 0. The highest BCUT2D eigenvalue weighted by molar-refractivity contribution is 9.11. The molecule has 1 atom stereocenters. The lowest BCUT2D eigenvalue weighted by molar-refractivity contribution is -0.133. The number of nitrogens with zero attached hydrogens (tertiary/aromatic N) is 1. The van der Waals surface area contributed by atoms with Gasteiger partial charge in [-0.3, -0.25) is 14.5 Å². The summed E-state index contributed by atoms with van der Waals surface area (Å²) in [5, 5.41) is 5.44. The second-order valence-electron chi connectivity index (χ2n) is 6.81. The van der Waals surface area contributed by atoms with Gasteiger partial charge < -0.3 is 10.6 Å². The molecule has 0 radical (unpaired) electrons. The number of carbonyl (C=O) groups excluding carboxylic acids is 3. The summed E-state index contributed by atoms with van der Waals surface area (Å²) in [4.78, 5) is 38.5. The van der Waals surface area contributed by atoms with Gasteiger partial charge in [0.15, 0.2) is 0 Å². The van der Waals surface area contributed by atoms with E-state index < -0.39 is 23.4 Å². The van der Waals surface area contributed by atoms with E-state index in [4.69, 9.17) is 0 Å². The van der Waals surface area contributed by atoms with Crippen LogP contribution in [0.2, 0.25) is 0 Å². The molecule has 6 nitrogen and oxygen atoms in total. The molecular weight excluding hydrogens is 490 g/mol. The molecule has 3 rings (SSSR count). The van der Waals surface area contributed by atoms with Gasteiger partial charge in [-0.15, -0.1) is 0 Å². The maximum Gasteiger partial charge on any atom is 0.325 e. The third kappa shape index (κ3) is 4.62. The summed E-state index contributed by atoms with van der Waals surface area (Å²) >= 11 is 6.71. The number of benzene rings is 2. The van der Waals surface area contributed by atoms with Crippen LogP contribution < -0.4 is 10.6 Å². The SMILES string of the molecule is C[C@]1(CCc2ccccc2)NC(=O)N(CC(=O)Nc2ccc(Br)cc2Br)C1=O. The number of hydrogen-bond donors (Lipinski definition) is 2. The van der Waals surface area contributed by atoms with Crippen molar-refractivity contribution in [3.63, 3.8) is 0 Å². The zero-order valence-corrected chi connectivity index (χ0v) is 18.3. The van der Waals surface area contributed by atoms with Crippen LogP contribution >= 0.6 is 31.9 Å². The largest absolute Gasteiger partial charge is 0.325 e. The maximum atomic E-state index is 12.8. The van der Waals surface area contributed by atoms with Gasteiger partial charge in [-0.2, -0.15) is 0 Å². The monoisotopic (exact) mass is 507 g/mol. The molecule has 2 aromatic carbocycles. The van der Waals surface area contributed by atoms with E-state index in [0.717, 1.165) is 14.9 Å². The van der Waals surface area contributed by atoms with Gasteiger partial charge in [0, 0.05) is 8.95 Å². The molecule has 1 heterocycles. The predicted molar refractivity (Wildman–Crippen MR) is 114 cm³/mol. The van der Waals surface area contributed by atoms with Crippen LogP contribution in [-0.4, -0.2) is 34.8 Å².